The fourth-order valence-electron chi connectivity index (χ4n) is 2.89. The van der Waals surface area contributed by atoms with Crippen LogP contribution in [0.4, 0.5) is 13.2 Å². The average molecular weight is 309 g/mol. The minimum absolute atomic E-state index is 0.0238. The number of aromatic nitrogens is 2. The Balaban J connectivity index is 1.84. The number of rotatable bonds is 3. The first-order valence-electron chi connectivity index (χ1n) is 6.79. The molecule has 0 amide bonds. The summed E-state index contributed by atoms with van der Waals surface area (Å²) in [7, 11) is 1.72. The molecule has 1 atom stereocenters. The predicted octanol–water partition coefficient (Wildman–Crippen LogP) is 3.19. The summed E-state index contributed by atoms with van der Waals surface area (Å²) in [6, 6.07) is 7.01. The van der Waals surface area contributed by atoms with Crippen LogP contribution in [0.5, 0.6) is 0 Å². The largest absolute Gasteiger partial charge is 0.433 e. The zero-order valence-corrected chi connectivity index (χ0v) is 11.8. The van der Waals surface area contributed by atoms with Crippen molar-refractivity contribution in [1.29, 1.82) is 0 Å². The molecule has 0 fully saturated rings. The fourth-order valence-corrected chi connectivity index (χ4v) is 2.89. The first-order chi connectivity index (χ1) is 10.4. The highest BCUT2D eigenvalue weighted by atomic mass is 19.4. The van der Waals surface area contributed by atoms with Crippen LogP contribution in [0.25, 0.3) is 0 Å². The van der Waals surface area contributed by atoms with Gasteiger partial charge in [-0.1, -0.05) is 24.3 Å². The van der Waals surface area contributed by atoms with Gasteiger partial charge in [0.1, 0.15) is 5.69 Å². The van der Waals surface area contributed by atoms with Crippen molar-refractivity contribution in [3.63, 3.8) is 0 Å². The number of carbonyl (C=O) groups is 1. The van der Waals surface area contributed by atoms with Gasteiger partial charge in [-0.2, -0.15) is 18.3 Å². The van der Waals surface area contributed by atoms with Crippen LogP contribution < -0.4 is 0 Å². The van der Waals surface area contributed by atoms with Gasteiger partial charge in [0.25, 0.3) is 0 Å². The zero-order chi connectivity index (χ0) is 15.9. The molecule has 1 aliphatic carbocycles. The maximum absolute atomic E-state index is 12.9. The van der Waals surface area contributed by atoms with Gasteiger partial charge in [0.15, 0.2) is 5.78 Å². The number of alkyl halides is 3. The zero-order valence-electron chi connectivity index (χ0n) is 11.8. The molecule has 1 aliphatic rings. The number of nitrogens with zero attached hydrogens (tertiary/aromatic N) is 2. The topological polar surface area (TPSA) is 49.0 Å². The highest BCUT2D eigenvalue weighted by molar-refractivity contribution is 6.01. The second kappa shape index (κ2) is 5.24. The van der Waals surface area contributed by atoms with Crippen LogP contribution in [-0.4, -0.2) is 27.9 Å². The third-order valence-electron chi connectivity index (χ3n) is 3.95. The lowest BCUT2D eigenvalue weighted by Crippen LogP contribution is -2.24. The van der Waals surface area contributed by atoms with E-state index in [9.17, 15) is 18.0 Å². The molecule has 7 heteroatoms. The number of Topliss-reactive ketones (excluding diaryl/α,β-unsaturated/α-hetero) is 1. The Labute approximate surface area is 124 Å². The Morgan fingerprint density at radius 1 is 1.36 bits per heavy atom. The SMILES string of the molecule is CN(Cc1cn[nH]c1C(F)(F)F)C1CC(=O)c2ccccc21. The molecule has 3 rings (SSSR count). The van der Waals surface area contributed by atoms with Gasteiger partial charge in [-0.3, -0.25) is 14.8 Å². The van der Waals surface area contributed by atoms with Gasteiger partial charge in [-0.05, 0) is 12.6 Å². The molecule has 0 bridgehead atoms. The number of benzene rings is 1. The maximum atomic E-state index is 12.9. The normalized spacial score (nSPS) is 18.0. The minimum atomic E-state index is -4.46. The van der Waals surface area contributed by atoms with Crippen LogP contribution in [0, 0.1) is 0 Å². The molecule has 0 saturated carbocycles. The number of fused-ring (bicyclic) bond motifs is 1. The fraction of sp³-hybridized carbons (Fsp3) is 0.333. The van der Waals surface area contributed by atoms with E-state index in [1.165, 1.54) is 6.20 Å². The molecule has 22 heavy (non-hydrogen) atoms. The number of ketones is 1. The molecule has 1 aromatic heterocycles. The van der Waals surface area contributed by atoms with Crippen molar-refractivity contribution < 1.29 is 18.0 Å². The van der Waals surface area contributed by atoms with Crippen LogP contribution in [0.2, 0.25) is 0 Å². The van der Waals surface area contributed by atoms with Crippen LogP contribution >= 0.6 is 0 Å². The summed E-state index contributed by atoms with van der Waals surface area (Å²) in [6.07, 6.45) is -2.99. The summed E-state index contributed by atoms with van der Waals surface area (Å²) in [5, 5.41) is 5.49. The summed E-state index contributed by atoms with van der Waals surface area (Å²) in [5.41, 5.74) is 0.762. The highest BCUT2D eigenvalue weighted by Gasteiger charge is 2.37. The molecule has 1 unspecified atom stereocenters. The Morgan fingerprint density at radius 2 is 2.09 bits per heavy atom. The van der Waals surface area contributed by atoms with E-state index in [-0.39, 0.29) is 30.4 Å². The summed E-state index contributed by atoms with van der Waals surface area (Å²) < 4.78 is 38.6. The molecule has 116 valence electrons. The van der Waals surface area contributed by atoms with Crippen molar-refractivity contribution in [1.82, 2.24) is 15.1 Å². The van der Waals surface area contributed by atoms with E-state index in [0.29, 0.717) is 5.56 Å². The number of H-pyrrole nitrogens is 1. The molecule has 4 nitrogen and oxygen atoms in total. The van der Waals surface area contributed by atoms with E-state index in [1.807, 2.05) is 17.2 Å². The smallest absolute Gasteiger partial charge is 0.294 e. The number of halogens is 3. The van der Waals surface area contributed by atoms with E-state index in [4.69, 9.17) is 0 Å². The summed E-state index contributed by atoms with van der Waals surface area (Å²) in [5.74, 6) is 0.0238. The first kappa shape index (κ1) is 14.8. The third kappa shape index (κ3) is 2.52. The molecule has 0 radical (unpaired) electrons. The number of hydrogen-bond donors (Lipinski definition) is 1. The molecule has 0 aliphatic heterocycles. The van der Waals surface area contributed by atoms with Crippen molar-refractivity contribution in [2.24, 2.45) is 0 Å². The average Bonchev–Trinajstić information content (AvgIpc) is 3.04. The predicted molar refractivity (Wildman–Crippen MR) is 73.2 cm³/mol. The third-order valence-corrected chi connectivity index (χ3v) is 3.95. The van der Waals surface area contributed by atoms with Crippen molar-refractivity contribution >= 4 is 5.78 Å². The second-order valence-electron chi connectivity index (χ2n) is 5.41. The van der Waals surface area contributed by atoms with E-state index >= 15 is 0 Å². The second-order valence-corrected chi connectivity index (χ2v) is 5.41. The van der Waals surface area contributed by atoms with E-state index in [1.54, 1.807) is 24.1 Å². The van der Waals surface area contributed by atoms with E-state index < -0.39 is 11.9 Å². The van der Waals surface area contributed by atoms with Crippen molar-refractivity contribution in [3.8, 4) is 0 Å². The Hall–Kier alpha value is -2.15. The Bertz CT molecular complexity index is 708. The molecule has 1 heterocycles. The van der Waals surface area contributed by atoms with Gasteiger partial charge in [0.2, 0.25) is 0 Å². The van der Waals surface area contributed by atoms with Crippen LogP contribution in [0.15, 0.2) is 30.5 Å². The lowest BCUT2D eigenvalue weighted by Gasteiger charge is -2.24. The molecule has 0 spiro atoms. The van der Waals surface area contributed by atoms with Crippen molar-refractivity contribution in [2.45, 2.75) is 25.2 Å². The maximum Gasteiger partial charge on any atom is 0.433 e. The monoisotopic (exact) mass is 309 g/mol. The summed E-state index contributed by atoms with van der Waals surface area (Å²) >= 11 is 0. The lowest BCUT2D eigenvalue weighted by molar-refractivity contribution is -0.142. The Morgan fingerprint density at radius 3 is 2.82 bits per heavy atom. The number of aromatic amines is 1. The minimum Gasteiger partial charge on any atom is -0.294 e. The molecular formula is C15H14F3N3O. The van der Waals surface area contributed by atoms with Gasteiger partial charge in [0, 0.05) is 30.1 Å². The summed E-state index contributed by atoms with van der Waals surface area (Å²) in [4.78, 5) is 13.7. The van der Waals surface area contributed by atoms with Gasteiger partial charge < -0.3 is 0 Å². The van der Waals surface area contributed by atoms with Gasteiger partial charge in [0.05, 0.1) is 6.20 Å². The molecule has 0 saturated heterocycles. The first-order valence-corrected chi connectivity index (χ1v) is 6.79. The molecular weight excluding hydrogens is 295 g/mol. The number of carbonyl (C=O) groups excluding carboxylic acids is 1. The van der Waals surface area contributed by atoms with Gasteiger partial charge >= 0.3 is 6.18 Å². The van der Waals surface area contributed by atoms with E-state index in [2.05, 4.69) is 5.10 Å². The Kier molecular flexibility index (Phi) is 3.52. The summed E-state index contributed by atoms with van der Waals surface area (Å²) in [6.45, 7) is 0.0671. The number of nitrogens with one attached hydrogen (secondary N) is 1. The van der Waals surface area contributed by atoms with Crippen LogP contribution in [0.1, 0.15) is 39.6 Å². The quantitative estimate of drug-likeness (QED) is 0.947. The molecule has 1 N–H and O–H groups in total. The molecule has 2 aromatic rings. The van der Waals surface area contributed by atoms with Crippen LogP contribution in [-0.2, 0) is 12.7 Å². The lowest BCUT2D eigenvalue weighted by atomic mass is 10.1. The van der Waals surface area contributed by atoms with Crippen molar-refractivity contribution in [2.75, 3.05) is 7.05 Å². The highest BCUT2D eigenvalue weighted by Crippen LogP contribution is 2.37. The van der Waals surface area contributed by atoms with E-state index in [0.717, 1.165) is 5.56 Å². The van der Waals surface area contributed by atoms with Gasteiger partial charge in [-0.25, -0.2) is 0 Å². The van der Waals surface area contributed by atoms with Crippen molar-refractivity contribution in [3.05, 3.63) is 52.8 Å². The van der Waals surface area contributed by atoms with Gasteiger partial charge in [-0.15, -0.1) is 0 Å². The standard InChI is InChI=1S/C15H14F3N3O/c1-21(8-9-7-19-20-14(9)15(16,17)18)12-6-13(22)11-5-3-2-4-10(11)12/h2-5,7,12H,6,8H2,1H3,(H,19,20). The number of hydrogen-bond acceptors (Lipinski definition) is 3. The molecule has 1 aromatic carbocycles. The van der Waals surface area contributed by atoms with Crippen LogP contribution in [0.3, 0.4) is 0 Å².